The lowest BCUT2D eigenvalue weighted by molar-refractivity contribution is -0.141. The Balaban J connectivity index is -0.000000397. The van der Waals surface area contributed by atoms with Crippen LogP contribution in [0.15, 0.2) is 0 Å². The number of hydrogen-bond acceptors (Lipinski definition) is 8. The van der Waals surface area contributed by atoms with E-state index in [-0.39, 0.29) is 18.8 Å². The van der Waals surface area contributed by atoms with Crippen LogP contribution in [0.2, 0.25) is 0 Å². The van der Waals surface area contributed by atoms with Gasteiger partial charge in [-0.25, -0.2) is 0 Å². The average molecular weight is 467 g/mol. The van der Waals surface area contributed by atoms with Crippen LogP contribution in [0.4, 0.5) is 0 Å². The van der Waals surface area contributed by atoms with Crippen molar-refractivity contribution < 1.29 is 39.6 Å². The fourth-order valence-electron chi connectivity index (χ4n) is 1.81. The number of carboxylic acids is 4. The van der Waals surface area contributed by atoms with Gasteiger partial charge in [-0.05, 0) is 25.7 Å². The van der Waals surface area contributed by atoms with Crippen LogP contribution < -0.4 is 28.3 Å². The molecular weight excluding hydrogens is 428 g/mol. The lowest BCUT2D eigenvalue weighted by Gasteiger charge is -2.06. The zero-order chi connectivity index (χ0) is 25.7. The molecule has 32 heavy (non-hydrogen) atoms. The van der Waals surface area contributed by atoms with E-state index in [1.165, 1.54) is 0 Å². The van der Waals surface area contributed by atoms with Crippen LogP contribution in [0.1, 0.15) is 58.3 Å². The molecule has 0 aliphatic rings. The topological polar surface area (TPSA) is 289 Å². The Hall–Kier alpha value is -2.97. The third-order valence-corrected chi connectivity index (χ3v) is 3.75. The summed E-state index contributed by atoms with van der Waals surface area (Å²) in [6.45, 7) is 2.56. The molecule has 3 atom stereocenters. The van der Waals surface area contributed by atoms with Gasteiger partial charge in [0, 0.05) is 13.0 Å². The van der Waals surface area contributed by atoms with E-state index < -0.39 is 42.0 Å². The Kier molecular flexibility index (Phi) is 22.4. The zero-order valence-electron chi connectivity index (χ0n) is 18.3. The summed E-state index contributed by atoms with van der Waals surface area (Å²) in [5.41, 5.74) is 20.5. The number of carboxylic acid groups (broad SMARTS) is 4. The molecular formula is C18H38N6O8. The highest BCUT2D eigenvalue weighted by Gasteiger charge is 2.12. The summed E-state index contributed by atoms with van der Waals surface area (Å²) in [5.74, 6) is -4.20. The minimum absolute atomic E-state index is 0.0231. The van der Waals surface area contributed by atoms with Gasteiger partial charge in [-0.2, -0.15) is 0 Å². The molecule has 0 aromatic heterocycles. The second kappa shape index (κ2) is 21.3. The molecule has 0 aliphatic heterocycles. The van der Waals surface area contributed by atoms with Crippen molar-refractivity contribution in [1.82, 2.24) is 5.32 Å². The van der Waals surface area contributed by atoms with E-state index in [4.69, 9.17) is 48.8 Å². The van der Waals surface area contributed by atoms with Crippen LogP contribution in [0.5, 0.6) is 0 Å². The third kappa shape index (κ3) is 27.0. The van der Waals surface area contributed by atoms with Gasteiger partial charge >= 0.3 is 23.9 Å². The number of unbranched alkanes of at least 4 members (excludes halogenated alkanes) is 2. The molecule has 0 saturated heterocycles. The highest BCUT2D eigenvalue weighted by molar-refractivity contribution is 5.75. The van der Waals surface area contributed by atoms with E-state index in [2.05, 4.69) is 12.2 Å². The van der Waals surface area contributed by atoms with Crippen LogP contribution in [-0.2, 0) is 19.2 Å². The van der Waals surface area contributed by atoms with Crippen molar-refractivity contribution in [2.75, 3.05) is 6.54 Å². The number of carbonyl (C=O) groups is 4. The molecule has 0 spiro atoms. The van der Waals surface area contributed by atoms with E-state index in [1.807, 2.05) is 0 Å². The molecule has 14 nitrogen and oxygen atoms in total. The van der Waals surface area contributed by atoms with Crippen LogP contribution >= 0.6 is 0 Å². The Morgan fingerprint density at radius 2 is 1.19 bits per heavy atom. The predicted molar refractivity (Wildman–Crippen MR) is 117 cm³/mol. The van der Waals surface area contributed by atoms with Gasteiger partial charge < -0.3 is 48.7 Å². The van der Waals surface area contributed by atoms with Gasteiger partial charge in [-0.15, -0.1) is 0 Å². The Morgan fingerprint density at radius 3 is 1.53 bits per heavy atom. The number of hydrogen-bond donors (Lipinski definition) is 10. The zero-order valence-corrected chi connectivity index (χ0v) is 18.3. The minimum Gasteiger partial charge on any atom is -0.481 e. The highest BCUT2D eigenvalue weighted by Crippen LogP contribution is 2.01. The van der Waals surface area contributed by atoms with E-state index in [9.17, 15) is 19.2 Å². The molecule has 0 fully saturated rings. The van der Waals surface area contributed by atoms with Crippen LogP contribution in [0.25, 0.3) is 0 Å². The predicted octanol–water partition coefficient (Wildman–Crippen LogP) is -1.10. The summed E-state index contributed by atoms with van der Waals surface area (Å²) in [6, 6.07) is -2.54. The molecule has 0 rings (SSSR count). The SMILES string of the molecule is CCCCCC(N)C(=O)O.N=C(N)NCCC[C@H](N)C(=O)O.N[C@@H](CCC(=O)O)C(=O)O. The molecule has 14 heteroatoms. The summed E-state index contributed by atoms with van der Waals surface area (Å²) in [5, 5.41) is 42.3. The average Bonchev–Trinajstić information content (AvgIpc) is 2.69. The monoisotopic (exact) mass is 466 g/mol. The first-order chi connectivity index (χ1) is 14.8. The second-order valence-electron chi connectivity index (χ2n) is 6.75. The van der Waals surface area contributed by atoms with E-state index in [0.717, 1.165) is 19.3 Å². The first kappa shape index (κ1) is 33.7. The molecule has 0 aliphatic carbocycles. The number of nitrogens with one attached hydrogen (secondary N) is 2. The number of guanidine groups is 1. The summed E-state index contributed by atoms with van der Waals surface area (Å²) < 4.78 is 0. The summed E-state index contributed by atoms with van der Waals surface area (Å²) >= 11 is 0. The lowest BCUT2D eigenvalue weighted by Crippen LogP contribution is -2.34. The summed E-state index contributed by atoms with van der Waals surface area (Å²) in [6.07, 6.45) is 4.45. The van der Waals surface area contributed by atoms with Gasteiger partial charge in [0.05, 0.1) is 0 Å². The maximum absolute atomic E-state index is 10.2. The minimum atomic E-state index is -1.17. The molecule has 0 aromatic carbocycles. The Bertz CT molecular complexity index is 576. The van der Waals surface area contributed by atoms with Crippen molar-refractivity contribution in [3.63, 3.8) is 0 Å². The molecule has 0 aromatic rings. The Labute approximate surface area is 186 Å². The number of aliphatic carboxylic acids is 4. The van der Waals surface area contributed by atoms with Crippen molar-refractivity contribution in [3.05, 3.63) is 0 Å². The second-order valence-corrected chi connectivity index (χ2v) is 6.75. The quantitative estimate of drug-likeness (QED) is 0.0827. The van der Waals surface area contributed by atoms with Crippen molar-refractivity contribution in [2.45, 2.75) is 76.4 Å². The van der Waals surface area contributed by atoms with Gasteiger partial charge in [0.2, 0.25) is 0 Å². The van der Waals surface area contributed by atoms with Crippen LogP contribution in [0, 0.1) is 5.41 Å². The summed E-state index contributed by atoms with van der Waals surface area (Å²) in [4.78, 5) is 40.3. The Morgan fingerprint density at radius 1 is 0.781 bits per heavy atom. The smallest absolute Gasteiger partial charge is 0.320 e. The highest BCUT2D eigenvalue weighted by atomic mass is 16.4. The van der Waals surface area contributed by atoms with Gasteiger partial charge in [0.25, 0.3) is 0 Å². The molecule has 0 heterocycles. The standard InChI is InChI=1S/C7H15NO2.C6H14N4O2.C5H9NO4/c1-2-3-4-5-6(8)7(9)10;7-4(5(11)12)2-1-3-10-6(8)9;6-3(5(9)10)1-2-4(7)8/h6H,2-5,8H2,1H3,(H,9,10);4H,1-3,7H2,(H,11,12)(H4,8,9,10);3H,1-2,6H2,(H,7,8)(H,9,10)/t;4-;3-/m.00/s1. The largest absolute Gasteiger partial charge is 0.481 e. The number of nitrogens with two attached hydrogens (primary N) is 4. The normalized spacial score (nSPS) is 12.5. The maximum Gasteiger partial charge on any atom is 0.320 e. The lowest BCUT2D eigenvalue weighted by atomic mass is 10.1. The first-order valence-electron chi connectivity index (χ1n) is 10.0. The van der Waals surface area contributed by atoms with Crippen LogP contribution in [-0.4, -0.2) is 74.9 Å². The van der Waals surface area contributed by atoms with Gasteiger partial charge in [0.1, 0.15) is 18.1 Å². The fourth-order valence-corrected chi connectivity index (χ4v) is 1.81. The van der Waals surface area contributed by atoms with E-state index in [1.54, 1.807) is 0 Å². The third-order valence-electron chi connectivity index (χ3n) is 3.75. The van der Waals surface area contributed by atoms with Crippen molar-refractivity contribution >= 4 is 29.8 Å². The van der Waals surface area contributed by atoms with Gasteiger partial charge in [-0.1, -0.05) is 26.2 Å². The van der Waals surface area contributed by atoms with E-state index >= 15 is 0 Å². The van der Waals surface area contributed by atoms with Crippen molar-refractivity contribution in [2.24, 2.45) is 22.9 Å². The maximum atomic E-state index is 10.2. The first-order valence-corrected chi connectivity index (χ1v) is 10.0. The van der Waals surface area contributed by atoms with Gasteiger partial charge in [0.15, 0.2) is 5.96 Å². The van der Waals surface area contributed by atoms with Crippen molar-refractivity contribution in [1.29, 1.82) is 5.41 Å². The molecule has 0 amide bonds. The van der Waals surface area contributed by atoms with E-state index in [0.29, 0.717) is 25.8 Å². The molecule has 188 valence electrons. The van der Waals surface area contributed by atoms with Crippen molar-refractivity contribution in [3.8, 4) is 0 Å². The molecule has 1 unspecified atom stereocenters. The number of rotatable bonds is 14. The van der Waals surface area contributed by atoms with Gasteiger partial charge in [-0.3, -0.25) is 24.6 Å². The summed E-state index contributed by atoms with van der Waals surface area (Å²) in [7, 11) is 0. The molecule has 14 N–H and O–H groups in total. The molecule has 0 saturated carbocycles. The fraction of sp³-hybridized carbons (Fsp3) is 0.722. The molecule has 0 radical (unpaired) electrons. The van der Waals surface area contributed by atoms with Crippen LogP contribution in [0.3, 0.4) is 0 Å². The molecule has 0 bridgehead atoms.